The Hall–Kier alpha value is -1.13. The van der Waals surface area contributed by atoms with Crippen molar-refractivity contribution in [3.8, 4) is 0 Å². The van der Waals surface area contributed by atoms with Crippen LogP contribution in [0.4, 0.5) is 17.1 Å². The minimum atomic E-state index is -0.384. The molecule has 0 aromatic heterocycles. The van der Waals surface area contributed by atoms with Crippen LogP contribution in [0, 0.1) is 0 Å². The number of anilines is 3. The quantitative estimate of drug-likeness (QED) is 0.132. The fraction of sp³-hybridized carbons (Fsp3) is 0.700. The molecule has 6 aliphatic carbocycles. The van der Waals surface area contributed by atoms with Crippen molar-refractivity contribution >= 4 is 56.7 Å². The zero-order valence-electron chi connectivity index (χ0n) is 43.8. The van der Waals surface area contributed by atoms with Crippen molar-refractivity contribution in [2.24, 2.45) is 0 Å². The summed E-state index contributed by atoms with van der Waals surface area (Å²) < 4.78 is 0. The normalized spacial score (nSPS) is 20.9. The van der Waals surface area contributed by atoms with Gasteiger partial charge in [-0.25, -0.2) is 0 Å². The fourth-order valence-electron chi connectivity index (χ4n) is 13.8. The van der Waals surface area contributed by atoms with Crippen molar-refractivity contribution < 1.29 is 17.1 Å². The number of rotatable bonds is 12. The Balaban J connectivity index is 0.000000165. The Labute approximate surface area is 427 Å². The maximum absolute atomic E-state index is 2.48. The molecule has 3 aromatic rings. The van der Waals surface area contributed by atoms with Crippen LogP contribution < -0.4 is 30.6 Å². The van der Waals surface area contributed by atoms with Gasteiger partial charge in [0.05, 0.1) is 49.9 Å². The second-order valence-electron chi connectivity index (χ2n) is 22.7. The van der Waals surface area contributed by atoms with Gasteiger partial charge in [0.15, 0.2) is 0 Å². The van der Waals surface area contributed by atoms with E-state index in [1.54, 1.807) is 15.9 Å². The molecule has 0 spiro atoms. The number of nitrogens with zero attached hydrogens (tertiary/aromatic N) is 3. The summed E-state index contributed by atoms with van der Waals surface area (Å²) in [6.07, 6.45) is 44.9. The third-order valence-corrected chi connectivity index (χ3v) is 29.2. The second kappa shape index (κ2) is 29.4. The van der Waals surface area contributed by atoms with E-state index in [-0.39, 0.29) is 40.8 Å². The molecule has 374 valence electrons. The summed E-state index contributed by atoms with van der Waals surface area (Å²) in [5, 5.41) is 5.19. The summed E-state index contributed by atoms with van der Waals surface area (Å²) in [5.41, 5.74) is 10.3. The van der Waals surface area contributed by atoms with Gasteiger partial charge < -0.3 is 14.7 Å². The molecule has 0 amide bonds. The molecule has 0 N–H and O–H groups in total. The summed E-state index contributed by atoms with van der Waals surface area (Å²) in [6, 6.07) is 29.0. The average Bonchev–Trinajstić information content (AvgIpc) is 3.37. The summed E-state index contributed by atoms with van der Waals surface area (Å²) in [4.78, 5) is 6.66. The number of hydrogen-bond donors (Lipinski definition) is 0. The monoisotopic (exact) mass is 1010 g/mol. The summed E-state index contributed by atoms with van der Waals surface area (Å²) in [7, 11) is 11.7. The van der Waals surface area contributed by atoms with Crippen molar-refractivity contribution in [2.75, 3.05) is 57.0 Å². The SMILES string of the molecule is CN(C)c1ccc([PH+](C2CCCCC2)C2CCCCC2)cc1.CN(C)c1ccc([PH+](C2CCCCC2)C2CCCCC2)cc1.CN(C)c1ccc([PH+](C2CCCCC2)C2CCCCC2)cc1.[Fe]. The first-order valence-corrected chi connectivity index (χ1v) is 33.2. The van der Waals surface area contributed by atoms with E-state index in [0.717, 1.165) is 34.0 Å². The Morgan fingerprint density at radius 1 is 0.254 bits per heavy atom. The van der Waals surface area contributed by atoms with Crippen LogP contribution in [0.25, 0.3) is 0 Å². The fourth-order valence-corrected chi connectivity index (χ4v) is 26.4. The Bertz CT molecular complexity index is 1490. The first kappa shape index (κ1) is 55.2. The van der Waals surface area contributed by atoms with Crippen molar-refractivity contribution in [2.45, 2.75) is 227 Å². The van der Waals surface area contributed by atoms with E-state index in [4.69, 9.17) is 0 Å². The van der Waals surface area contributed by atoms with Crippen molar-refractivity contribution in [1.29, 1.82) is 0 Å². The van der Waals surface area contributed by atoms with Crippen molar-refractivity contribution in [1.82, 2.24) is 0 Å². The van der Waals surface area contributed by atoms with Crippen LogP contribution in [0.2, 0.25) is 0 Å². The summed E-state index contributed by atoms with van der Waals surface area (Å²) >= 11 is 0. The van der Waals surface area contributed by atoms with Crippen LogP contribution in [-0.4, -0.2) is 76.2 Å². The van der Waals surface area contributed by atoms with Gasteiger partial charge in [-0.05, 0) is 227 Å². The Kier molecular flexibility index (Phi) is 24.2. The summed E-state index contributed by atoms with van der Waals surface area (Å²) in [5.74, 6) is 0. The van der Waals surface area contributed by atoms with Crippen LogP contribution in [-0.2, 0) is 17.1 Å². The standard InChI is InChI=1S/3C20H32NP.Fe/c3*1-21(2)17-13-15-20(16-14-17)22(18-9-5-3-6-10-18)19-11-7-4-8-12-19;/h3*13-16,18-19H,3-12H2,1-2H3;/p+3. The molecule has 9 rings (SSSR count). The molecule has 0 radical (unpaired) electrons. The van der Waals surface area contributed by atoms with Crippen LogP contribution in [0.1, 0.15) is 193 Å². The zero-order chi connectivity index (χ0) is 46.1. The van der Waals surface area contributed by atoms with Gasteiger partial charge in [-0.15, -0.1) is 0 Å². The van der Waals surface area contributed by atoms with Gasteiger partial charge in [0.1, 0.15) is 0 Å². The number of hydrogen-bond acceptors (Lipinski definition) is 3. The smallest absolute Gasteiger partial charge is 0.0922 e. The maximum Gasteiger partial charge on any atom is 0.0922 e. The summed E-state index contributed by atoms with van der Waals surface area (Å²) in [6.45, 7) is 0. The molecule has 0 heterocycles. The molecule has 3 nitrogen and oxygen atoms in total. The zero-order valence-corrected chi connectivity index (χ0v) is 47.9. The largest absolute Gasteiger partial charge is 0.378 e. The van der Waals surface area contributed by atoms with Crippen LogP contribution in [0.5, 0.6) is 0 Å². The maximum atomic E-state index is 2.48. The minimum Gasteiger partial charge on any atom is -0.378 e. The van der Waals surface area contributed by atoms with Crippen LogP contribution in [0.3, 0.4) is 0 Å². The molecular formula is C60H99FeN3P3+3. The van der Waals surface area contributed by atoms with E-state index >= 15 is 0 Å². The first-order valence-electron chi connectivity index (χ1n) is 28.2. The number of benzene rings is 3. The molecule has 0 saturated heterocycles. The first-order chi connectivity index (χ1) is 32.3. The minimum absolute atomic E-state index is 0. The van der Waals surface area contributed by atoms with E-state index < -0.39 is 0 Å². The molecule has 6 fully saturated rings. The van der Waals surface area contributed by atoms with Gasteiger partial charge in [-0.2, -0.15) is 0 Å². The van der Waals surface area contributed by atoms with E-state index in [1.165, 1.54) is 210 Å². The van der Waals surface area contributed by atoms with Crippen LogP contribution >= 0.6 is 23.8 Å². The van der Waals surface area contributed by atoms with Crippen LogP contribution in [0.15, 0.2) is 72.8 Å². The second-order valence-corrected chi connectivity index (χ2v) is 32.1. The Morgan fingerprint density at radius 3 is 0.537 bits per heavy atom. The molecule has 0 atom stereocenters. The molecule has 0 aliphatic heterocycles. The van der Waals surface area contributed by atoms with Gasteiger partial charge in [-0.3, -0.25) is 0 Å². The third-order valence-electron chi connectivity index (χ3n) is 17.4. The molecule has 6 saturated carbocycles. The van der Waals surface area contributed by atoms with Crippen molar-refractivity contribution in [3.63, 3.8) is 0 Å². The van der Waals surface area contributed by atoms with Gasteiger partial charge in [-0.1, -0.05) is 38.5 Å². The molecule has 6 aliphatic rings. The topological polar surface area (TPSA) is 9.72 Å². The van der Waals surface area contributed by atoms with E-state index in [0.29, 0.717) is 0 Å². The Morgan fingerprint density at radius 2 is 0.403 bits per heavy atom. The third kappa shape index (κ3) is 16.4. The molecular weight excluding hydrogens is 911 g/mol. The predicted molar refractivity (Wildman–Crippen MR) is 307 cm³/mol. The van der Waals surface area contributed by atoms with Gasteiger partial charge >= 0.3 is 0 Å². The van der Waals surface area contributed by atoms with E-state index in [2.05, 4.69) is 130 Å². The van der Waals surface area contributed by atoms with Gasteiger partial charge in [0.25, 0.3) is 0 Å². The molecule has 0 bridgehead atoms. The van der Waals surface area contributed by atoms with Gasteiger partial charge in [0, 0.05) is 100 Å². The van der Waals surface area contributed by atoms with Crippen molar-refractivity contribution in [3.05, 3.63) is 72.8 Å². The predicted octanol–water partition coefficient (Wildman–Crippen LogP) is 15.8. The average molecular weight is 1010 g/mol. The molecule has 0 unspecified atom stereocenters. The van der Waals surface area contributed by atoms with E-state index in [1.807, 2.05) is 0 Å². The van der Waals surface area contributed by atoms with Gasteiger partial charge in [0.2, 0.25) is 0 Å². The van der Waals surface area contributed by atoms with E-state index in [9.17, 15) is 0 Å². The molecule has 3 aromatic carbocycles. The molecule has 67 heavy (non-hydrogen) atoms. The molecule has 7 heteroatoms.